The highest BCUT2D eigenvalue weighted by Crippen LogP contribution is 2.25. The van der Waals surface area contributed by atoms with E-state index in [2.05, 4.69) is 28.4 Å². The monoisotopic (exact) mass is 251 g/mol. The maximum absolute atomic E-state index is 5.99. The van der Waals surface area contributed by atoms with Crippen LogP contribution in [0.15, 0.2) is 18.3 Å². The zero-order chi connectivity index (χ0) is 12.3. The molecular weight excluding hydrogens is 234 g/mol. The molecule has 0 saturated carbocycles. The molecular formula is C13H18ClN3. The van der Waals surface area contributed by atoms with Gasteiger partial charge in [-0.1, -0.05) is 20.3 Å². The molecule has 4 heteroatoms. The third kappa shape index (κ3) is 2.29. The molecule has 0 fully saturated rings. The quantitative estimate of drug-likeness (QED) is 0.754. The van der Waals surface area contributed by atoms with Crippen LogP contribution >= 0.6 is 11.6 Å². The van der Waals surface area contributed by atoms with Crippen molar-refractivity contribution >= 4 is 22.8 Å². The number of imidazole rings is 1. The van der Waals surface area contributed by atoms with Crippen molar-refractivity contribution in [3.8, 4) is 0 Å². The number of alkyl halides is 1. The maximum atomic E-state index is 5.99. The Morgan fingerprint density at radius 3 is 2.88 bits per heavy atom. The Labute approximate surface area is 107 Å². The van der Waals surface area contributed by atoms with Gasteiger partial charge in [0, 0.05) is 12.2 Å². The summed E-state index contributed by atoms with van der Waals surface area (Å²) in [6, 6.07) is 4.36. The fraction of sp³-hybridized carbons (Fsp3) is 0.538. The van der Waals surface area contributed by atoms with Gasteiger partial charge >= 0.3 is 0 Å². The largest absolute Gasteiger partial charge is 0.309 e. The highest BCUT2D eigenvalue weighted by molar-refractivity contribution is 6.16. The van der Waals surface area contributed by atoms with Crippen LogP contribution in [-0.4, -0.2) is 14.5 Å². The number of hydrogen-bond donors (Lipinski definition) is 0. The first-order chi connectivity index (χ1) is 8.31. The number of hydrogen-bond acceptors (Lipinski definition) is 2. The second-order valence-corrected chi connectivity index (χ2v) is 4.50. The molecule has 1 atom stereocenters. The van der Waals surface area contributed by atoms with Crippen LogP contribution in [-0.2, 0) is 5.88 Å². The summed E-state index contributed by atoms with van der Waals surface area (Å²) in [5, 5.41) is 0. The van der Waals surface area contributed by atoms with Crippen molar-refractivity contribution in [1.82, 2.24) is 14.5 Å². The lowest BCUT2D eigenvalue weighted by Crippen LogP contribution is -2.11. The van der Waals surface area contributed by atoms with Crippen molar-refractivity contribution in [2.45, 2.75) is 45.0 Å². The highest BCUT2D eigenvalue weighted by Gasteiger charge is 2.17. The van der Waals surface area contributed by atoms with E-state index in [0.29, 0.717) is 11.9 Å². The first-order valence-corrected chi connectivity index (χ1v) is 6.73. The number of nitrogens with zero attached hydrogens (tertiary/aromatic N) is 3. The number of aromatic nitrogens is 3. The van der Waals surface area contributed by atoms with Crippen LogP contribution in [0.4, 0.5) is 0 Å². The molecule has 2 heterocycles. The van der Waals surface area contributed by atoms with E-state index in [1.807, 2.05) is 18.3 Å². The van der Waals surface area contributed by atoms with E-state index in [4.69, 9.17) is 11.6 Å². The number of fused-ring (bicyclic) bond motifs is 1. The molecule has 3 nitrogen and oxygen atoms in total. The van der Waals surface area contributed by atoms with Crippen LogP contribution in [0.2, 0.25) is 0 Å². The molecule has 92 valence electrons. The van der Waals surface area contributed by atoms with Crippen molar-refractivity contribution in [3.63, 3.8) is 0 Å². The minimum absolute atomic E-state index is 0.441. The van der Waals surface area contributed by atoms with E-state index in [-0.39, 0.29) is 0 Å². The number of rotatable bonds is 5. The first kappa shape index (κ1) is 12.4. The minimum Gasteiger partial charge on any atom is -0.309 e. The van der Waals surface area contributed by atoms with Gasteiger partial charge in [0.25, 0.3) is 0 Å². The molecule has 0 aromatic carbocycles. The summed E-state index contributed by atoms with van der Waals surface area (Å²) in [5.74, 6) is 1.37. The standard InChI is InChI=1S/C13H18ClN3/c1-3-6-10(4-2)17-12(9-14)16-11-7-5-8-15-13(11)17/h5,7-8,10H,3-4,6,9H2,1-2H3. The molecule has 0 spiro atoms. The van der Waals surface area contributed by atoms with Crippen molar-refractivity contribution < 1.29 is 0 Å². The molecule has 17 heavy (non-hydrogen) atoms. The van der Waals surface area contributed by atoms with Crippen LogP contribution in [0.3, 0.4) is 0 Å². The molecule has 0 radical (unpaired) electrons. The van der Waals surface area contributed by atoms with Gasteiger partial charge in [-0.05, 0) is 25.0 Å². The van der Waals surface area contributed by atoms with Gasteiger partial charge in [0.05, 0.1) is 5.88 Å². The van der Waals surface area contributed by atoms with Gasteiger partial charge in [-0.25, -0.2) is 9.97 Å². The van der Waals surface area contributed by atoms with E-state index in [1.54, 1.807) is 0 Å². The van der Waals surface area contributed by atoms with Gasteiger partial charge in [-0.3, -0.25) is 0 Å². The van der Waals surface area contributed by atoms with Crippen LogP contribution < -0.4 is 0 Å². The van der Waals surface area contributed by atoms with E-state index < -0.39 is 0 Å². The molecule has 2 aromatic rings. The summed E-state index contributed by atoms with van der Waals surface area (Å²) < 4.78 is 2.21. The second kappa shape index (κ2) is 5.50. The van der Waals surface area contributed by atoms with Crippen LogP contribution in [0.1, 0.15) is 45.0 Å². The van der Waals surface area contributed by atoms with Gasteiger partial charge < -0.3 is 4.57 Å². The zero-order valence-electron chi connectivity index (χ0n) is 10.4. The third-order valence-corrected chi connectivity index (χ3v) is 3.34. The van der Waals surface area contributed by atoms with E-state index in [9.17, 15) is 0 Å². The molecule has 0 aliphatic heterocycles. The SMILES string of the molecule is CCCC(CC)n1c(CCl)nc2cccnc21. The van der Waals surface area contributed by atoms with Crippen LogP contribution in [0, 0.1) is 0 Å². The molecule has 1 unspecified atom stereocenters. The van der Waals surface area contributed by atoms with Gasteiger partial charge in [-0.2, -0.15) is 0 Å². The maximum Gasteiger partial charge on any atom is 0.160 e. The number of halogens is 1. The van der Waals surface area contributed by atoms with Gasteiger partial charge in [0.1, 0.15) is 11.3 Å². The van der Waals surface area contributed by atoms with Gasteiger partial charge in [0.15, 0.2) is 5.65 Å². The molecule has 2 aromatic heterocycles. The van der Waals surface area contributed by atoms with Crippen molar-refractivity contribution in [2.75, 3.05) is 0 Å². The fourth-order valence-corrected chi connectivity index (χ4v) is 2.49. The lowest BCUT2D eigenvalue weighted by atomic mass is 10.1. The lowest BCUT2D eigenvalue weighted by Gasteiger charge is -2.18. The minimum atomic E-state index is 0.441. The predicted molar refractivity (Wildman–Crippen MR) is 71.3 cm³/mol. The summed E-state index contributed by atoms with van der Waals surface area (Å²) in [5.41, 5.74) is 1.90. The molecule has 0 aliphatic carbocycles. The predicted octanol–water partition coefficient (Wildman–Crippen LogP) is 3.92. The Balaban J connectivity index is 2.55. The Morgan fingerprint density at radius 2 is 2.24 bits per heavy atom. The van der Waals surface area contributed by atoms with Gasteiger partial charge in [0.2, 0.25) is 0 Å². The van der Waals surface area contributed by atoms with Crippen LogP contribution in [0.25, 0.3) is 11.2 Å². The molecule has 0 N–H and O–H groups in total. The second-order valence-electron chi connectivity index (χ2n) is 4.23. The molecule has 0 amide bonds. The lowest BCUT2D eigenvalue weighted by molar-refractivity contribution is 0.446. The molecule has 0 bridgehead atoms. The highest BCUT2D eigenvalue weighted by atomic mass is 35.5. The Kier molecular flexibility index (Phi) is 4.00. The smallest absolute Gasteiger partial charge is 0.160 e. The first-order valence-electron chi connectivity index (χ1n) is 6.19. The molecule has 2 rings (SSSR count). The third-order valence-electron chi connectivity index (χ3n) is 3.10. The number of pyridine rings is 1. The van der Waals surface area contributed by atoms with E-state index in [0.717, 1.165) is 36.3 Å². The Bertz CT molecular complexity index is 492. The summed E-state index contributed by atoms with van der Waals surface area (Å²) in [6.45, 7) is 4.41. The summed E-state index contributed by atoms with van der Waals surface area (Å²) in [6.07, 6.45) is 5.20. The van der Waals surface area contributed by atoms with Crippen molar-refractivity contribution in [1.29, 1.82) is 0 Å². The average Bonchev–Trinajstić information content (AvgIpc) is 2.74. The Morgan fingerprint density at radius 1 is 1.41 bits per heavy atom. The fourth-order valence-electron chi connectivity index (χ4n) is 2.30. The topological polar surface area (TPSA) is 30.7 Å². The van der Waals surface area contributed by atoms with Gasteiger partial charge in [-0.15, -0.1) is 11.6 Å². The normalized spacial score (nSPS) is 13.1. The average molecular weight is 252 g/mol. The molecule has 0 aliphatic rings. The summed E-state index contributed by atoms with van der Waals surface area (Å²) in [7, 11) is 0. The van der Waals surface area contributed by atoms with Crippen molar-refractivity contribution in [2.24, 2.45) is 0 Å². The summed E-state index contributed by atoms with van der Waals surface area (Å²) >= 11 is 5.99. The Hall–Kier alpha value is -1.09. The van der Waals surface area contributed by atoms with E-state index >= 15 is 0 Å². The van der Waals surface area contributed by atoms with Crippen LogP contribution in [0.5, 0.6) is 0 Å². The zero-order valence-corrected chi connectivity index (χ0v) is 11.1. The molecule has 0 saturated heterocycles. The summed E-state index contributed by atoms with van der Waals surface area (Å²) in [4.78, 5) is 8.99. The van der Waals surface area contributed by atoms with E-state index in [1.165, 1.54) is 0 Å². The van der Waals surface area contributed by atoms with Crippen molar-refractivity contribution in [3.05, 3.63) is 24.2 Å².